The maximum atomic E-state index is 12.9. The van der Waals surface area contributed by atoms with Gasteiger partial charge in [0, 0.05) is 28.6 Å². The number of aliphatic hydroxyl groups is 1. The monoisotopic (exact) mass is 429 g/mol. The van der Waals surface area contributed by atoms with Gasteiger partial charge in [-0.2, -0.15) is 0 Å². The van der Waals surface area contributed by atoms with Crippen LogP contribution in [0.15, 0.2) is 42.5 Å². The average molecular weight is 430 g/mol. The van der Waals surface area contributed by atoms with Crippen LogP contribution in [0.3, 0.4) is 0 Å². The van der Waals surface area contributed by atoms with Crippen molar-refractivity contribution >= 4 is 17.4 Å². The normalized spacial score (nSPS) is 19.3. The molecule has 5 heteroatoms. The molecule has 2 aromatic rings. The lowest BCUT2D eigenvalue weighted by atomic mass is 9.74. The maximum Gasteiger partial charge on any atom is 0.163 e. The first-order chi connectivity index (χ1) is 14.0. The van der Waals surface area contributed by atoms with Gasteiger partial charge in [-0.1, -0.05) is 29.8 Å². The molecule has 2 N–H and O–H groups in total. The Morgan fingerprint density at radius 1 is 1.13 bits per heavy atom. The minimum Gasteiger partial charge on any atom is -0.455 e. The molecule has 1 fully saturated rings. The van der Waals surface area contributed by atoms with Gasteiger partial charge in [-0.05, 0) is 77.6 Å². The Morgan fingerprint density at radius 2 is 1.77 bits per heavy atom. The lowest BCUT2D eigenvalue weighted by Crippen LogP contribution is -2.57. The molecular formula is C25H32ClNO3. The molecule has 0 amide bonds. The molecule has 2 aromatic carbocycles. The molecule has 1 unspecified atom stereocenters. The third kappa shape index (κ3) is 5.63. The first-order valence-electron chi connectivity index (χ1n) is 10.5. The Kier molecular flexibility index (Phi) is 6.61. The molecule has 4 nitrogen and oxygen atoms in total. The summed E-state index contributed by atoms with van der Waals surface area (Å²) in [6.45, 7) is 10.5. The molecule has 0 aromatic heterocycles. The third-order valence-electron chi connectivity index (χ3n) is 5.59. The van der Waals surface area contributed by atoms with Crippen LogP contribution in [0.25, 0.3) is 0 Å². The van der Waals surface area contributed by atoms with E-state index >= 15 is 0 Å². The molecule has 30 heavy (non-hydrogen) atoms. The van der Waals surface area contributed by atoms with Crippen molar-refractivity contribution in [3.63, 3.8) is 0 Å². The molecule has 1 aliphatic rings. The number of piperidine rings is 1. The fraction of sp³-hybridized carbons (Fsp3) is 0.480. The lowest BCUT2D eigenvalue weighted by molar-refractivity contribution is 0.0864. The highest BCUT2D eigenvalue weighted by Gasteiger charge is 2.38. The molecule has 0 radical (unpaired) electrons. The number of hydrogen-bond acceptors (Lipinski definition) is 4. The number of carbonyl (C=O) groups excluding carboxylic acids is 1. The second-order valence-corrected chi connectivity index (χ2v) is 10.2. The third-order valence-corrected chi connectivity index (χ3v) is 5.89. The smallest absolute Gasteiger partial charge is 0.163 e. The van der Waals surface area contributed by atoms with E-state index in [-0.39, 0.29) is 16.9 Å². The number of ether oxygens (including phenoxy) is 1. The maximum absolute atomic E-state index is 12.9. The summed E-state index contributed by atoms with van der Waals surface area (Å²) in [5.74, 6) is 1.45. The standard InChI is InChI=1S/C25H32ClNO3/c1-16(28)19-8-6-7-9-22(19)30-23-11-10-18(13-20(23)26)21(29)12-17-14-24(2,3)27-25(4,5)15-17/h6-11,13,16-17,27-28H,12,14-15H2,1-5H3. The van der Waals surface area contributed by atoms with E-state index in [1.54, 1.807) is 31.2 Å². The zero-order valence-corrected chi connectivity index (χ0v) is 19.2. The molecule has 3 rings (SSSR count). The van der Waals surface area contributed by atoms with Gasteiger partial charge in [-0.15, -0.1) is 0 Å². The Balaban J connectivity index is 1.73. The van der Waals surface area contributed by atoms with E-state index < -0.39 is 6.10 Å². The summed E-state index contributed by atoms with van der Waals surface area (Å²) in [7, 11) is 0. The number of aliphatic hydroxyl groups excluding tert-OH is 1. The van der Waals surface area contributed by atoms with E-state index in [9.17, 15) is 9.90 Å². The minimum absolute atomic E-state index is 0.0132. The first kappa shape index (κ1) is 22.8. The van der Waals surface area contributed by atoms with E-state index in [0.717, 1.165) is 12.8 Å². The van der Waals surface area contributed by atoms with E-state index in [4.69, 9.17) is 16.3 Å². The molecule has 1 atom stereocenters. The van der Waals surface area contributed by atoms with Gasteiger partial charge < -0.3 is 15.2 Å². The Bertz CT molecular complexity index is 904. The van der Waals surface area contributed by atoms with E-state index in [1.807, 2.05) is 18.2 Å². The number of Topliss-reactive ketones (excluding diaryl/α,β-unsaturated/α-hetero) is 1. The van der Waals surface area contributed by atoms with Crippen LogP contribution in [0.4, 0.5) is 0 Å². The summed E-state index contributed by atoms with van der Waals surface area (Å²) < 4.78 is 5.93. The molecular weight excluding hydrogens is 398 g/mol. The van der Waals surface area contributed by atoms with Crippen molar-refractivity contribution in [1.82, 2.24) is 5.32 Å². The van der Waals surface area contributed by atoms with Crippen molar-refractivity contribution < 1.29 is 14.6 Å². The SMILES string of the molecule is CC(O)c1ccccc1Oc1ccc(C(=O)CC2CC(C)(C)NC(C)(C)C2)cc1Cl. The summed E-state index contributed by atoms with van der Waals surface area (Å²) in [4.78, 5) is 12.9. The van der Waals surface area contributed by atoms with Crippen LogP contribution in [-0.2, 0) is 0 Å². The highest BCUT2D eigenvalue weighted by atomic mass is 35.5. The van der Waals surface area contributed by atoms with Crippen molar-refractivity contribution in [2.75, 3.05) is 0 Å². The van der Waals surface area contributed by atoms with Gasteiger partial charge >= 0.3 is 0 Å². The Morgan fingerprint density at radius 3 is 2.37 bits per heavy atom. The molecule has 0 aliphatic carbocycles. The summed E-state index contributed by atoms with van der Waals surface area (Å²) in [6.07, 6.45) is 1.79. The van der Waals surface area contributed by atoms with E-state index in [1.165, 1.54) is 0 Å². The van der Waals surface area contributed by atoms with Gasteiger partial charge in [0.2, 0.25) is 0 Å². The number of nitrogens with one attached hydrogen (secondary N) is 1. The number of hydrogen-bond donors (Lipinski definition) is 2. The van der Waals surface area contributed by atoms with Crippen molar-refractivity contribution in [1.29, 1.82) is 0 Å². The van der Waals surface area contributed by atoms with Gasteiger partial charge in [0.25, 0.3) is 0 Å². The molecule has 1 aliphatic heterocycles. The Labute approximate surface area is 184 Å². The second-order valence-electron chi connectivity index (χ2n) is 9.76. The molecule has 0 bridgehead atoms. The lowest BCUT2D eigenvalue weighted by Gasteiger charge is -2.46. The fourth-order valence-corrected chi connectivity index (χ4v) is 5.07. The molecule has 1 heterocycles. The highest BCUT2D eigenvalue weighted by molar-refractivity contribution is 6.32. The summed E-state index contributed by atoms with van der Waals surface area (Å²) in [5.41, 5.74) is 1.31. The van der Waals surface area contributed by atoms with Crippen LogP contribution in [0, 0.1) is 5.92 Å². The van der Waals surface area contributed by atoms with Gasteiger partial charge in [-0.3, -0.25) is 4.79 Å². The molecule has 162 valence electrons. The summed E-state index contributed by atoms with van der Waals surface area (Å²) in [5, 5.41) is 14.0. The fourth-order valence-electron chi connectivity index (χ4n) is 4.85. The quantitative estimate of drug-likeness (QED) is 0.528. The second kappa shape index (κ2) is 8.70. The summed E-state index contributed by atoms with van der Waals surface area (Å²) >= 11 is 6.44. The highest BCUT2D eigenvalue weighted by Crippen LogP contribution is 2.37. The van der Waals surface area contributed by atoms with E-state index in [2.05, 4.69) is 33.0 Å². The molecule has 0 spiro atoms. The van der Waals surface area contributed by atoms with Crippen LogP contribution in [0.2, 0.25) is 5.02 Å². The minimum atomic E-state index is -0.653. The predicted molar refractivity (Wildman–Crippen MR) is 122 cm³/mol. The van der Waals surface area contributed by atoms with E-state index in [0.29, 0.717) is 40.0 Å². The number of rotatable bonds is 6. The number of ketones is 1. The van der Waals surface area contributed by atoms with Crippen molar-refractivity contribution in [2.24, 2.45) is 5.92 Å². The number of benzene rings is 2. The van der Waals surface area contributed by atoms with Crippen molar-refractivity contribution in [3.05, 3.63) is 58.6 Å². The molecule has 0 saturated carbocycles. The van der Waals surface area contributed by atoms with Gasteiger partial charge in [0.15, 0.2) is 5.78 Å². The van der Waals surface area contributed by atoms with Gasteiger partial charge in [0.1, 0.15) is 11.5 Å². The average Bonchev–Trinajstić information content (AvgIpc) is 2.60. The van der Waals surface area contributed by atoms with Crippen LogP contribution in [-0.4, -0.2) is 22.0 Å². The Hall–Kier alpha value is -1.88. The van der Waals surface area contributed by atoms with Gasteiger partial charge in [-0.25, -0.2) is 0 Å². The number of halogens is 1. The van der Waals surface area contributed by atoms with Crippen LogP contribution >= 0.6 is 11.6 Å². The van der Waals surface area contributed by atoms with Crippen LogP contribution in [0.5, 0.6) is 11.5 Å². The van der Waals surface area contributed by atoms with Gasteiger partial charge in [0.05, 0.1) is 11.1 Å². The predicted octanol–water partition coefficient (Wildman–Crippen LogP) is 6.32. The van der Waals surface area contributed by atoms with Crippen LogP contribution < -0.4 is 10.1 Å². The summed E-state index contributed by atoms with van der Waals surface area (Å²) in [6, 6.07) is 12.5. The van der Waals surface area contributed by atoms with Crippen LogP contribution in [0.1, 0.15) is 75.9 Å². The number of para-hydroxylation sites is 1. The van der Waals surface area contributed by atoms with Crippen molar-refractivity contribution in [3.8, 4) is 11.5 Å². The zero-order valence-electron chi connectivity index (χ0n) is 18.5. The number of carbonyl (C=O) groups is 1. The topological polar surface area (TPSA) is 58.6 Å². The van der Waals surface area contributed by atoms with Crippen molar-refractivity contribution in [2.45, 2.75) is 71.1 Å². The first-order valence-corrected chi connectivity index (χ1v) is 10.9. The molecule has 1 saturated heterocycles. The zero-order chi connectivity index (χ0) is 22.1. The largest absolute Gasteiger partial charge is 0.455 e.